The zero-order chi connectivity index (χ0) is 9.68. The first kappa shape index (κ1) is 9.80. The van der Waals surface area contributed by atoms with E-state index in [0.717, 1.165) is 6.42 Å². The first-order valence-electron chi connectivity index (χ1n) is 4.31. The van der Waals surface area contributed by atoms with Crippen molar-refractivity contribution in [2.75, 3.05) is 0 Å². The van der Waals surface area contributed by atoms with Gasteiger partial charge in [-0.25, -0.2) is 4.98 Å². The third kappa shape index (κ3) is 2.59. The van der Waals surface area contributed by atoms with Crippen molar-refractivity contribution in [1.29, 1.82) is 0 Å². The third-order valence-corrected chi connectivity index (χ3v) is 1.75. The first-order valence-corrected chi connectivity index (χ1v) is 4.31. The Hall–Kier alpha value is -1.29. The molecule has 0 aliphatic rings. The van der Waals surface area contributed by atoms with E-state index in [9.17, 15) is 4.79 Å². The van der Waals surface area contributed by atoms with Crippen LogP contribution in [-0.2, 0) is 0 Å². The molecule has 1 rings (SSSR count). The fourth-order valence-corrected chi connectivity index (χ4v) is 1.06. The SMILES string of the molecule is CCCC(N)C(=O)c1cnccn1. The number of carbonyl (C=O) groups is 1. The van der Waals surface area contributed by atoms with Gasteiger partial charge in [0.15, 0.2) is 5.78 Å². The van der Waals surface area contributed by atoms with Crippen molar-refractivity contribution in [2.45, 2.75) is 25.8 Å². The minimum absolute atomic E-state index is 0.130. The Morgan fingerprint density at radius 2 is 2.38 bits per heavy atom. The summed E-state index contributed by atoms with van der Waals surface area (Å²) in [5.74, 6) is -0.130. The minimum atomic E-state index is -0.443. The second-order valence-corrected chi connectivity index (χ2v) is 2.85. The van der Waals surface area contributed by atoms with Gasteiger partial charge in [-0.05, 0) is 6.42 Å². The summed E-state index contributed by atoms with van der Waals surface area (Å²) in [6.07, 6.45) is 6.05. The monoisotopic (exact) mass is 179 g/mol. The van der Waals surface area contributed by atoms with E-state index in [-0.39, 0.29) is 5.78 Å². The van der Waals surface area contributed by atoms with Gasteiger partial charge in [-0.2, -0.15) is 0 Å². The second-order valence-electron chi connectivity index (χ2n) is 2.85. The average molecular weight is 179 g/mol. The zero-order valence-electron chi connectivity index (χ0n) is 7.60. The van der Waals surface area contributed by atoms with Gasteiger partial charge in [0, 0.05) is 12.4 Å². The Kier molecular flexibility index (Phi) is 3.52. The molecule has 1 unspecified atom stereocenters. The van der Waals surface area contributed by atoms with Gasteiger partial charge in [0.05, 0.1) is 12.2 Å². The summed E-state index contributed by atoms with van der Waals surface area (Å²) in [6, 6.07) is -0.443. The highest BCUT2D eigenvalue weighted by molar-refractivity contribution is 5.97. The summed E-state index contributed by atoms with van der Waals surface area (Å²) in [4.78, 5) is 19.2. The number of Topliss-reactive ketones (excluding diaryl/α,β-unsaturated/α-hetero) is 1. The van der Waals surface area contributed by atoms with Crippen LogP contribution in [0.1, 0.15) is 30.3 Å². The molecule has 1 heterocycles. The molecule has 1 aromatic heterocycles. The lowest BCUT2D eigenvalue weighted by Gasteiger charge is -2.06. The number of nitrogens with zero attached hydrogens (tertiary/aromatic N) is 2. The van der Waals surface area contributed by atoms with Crippen molar-refractivity contribution in [2.24, 2.45) is 5.73 Å². The van der Waals surface area contributed by atoms with Gasteiger partial charge in [0.1, 0.15) is 5.69 Å². The molecule has 0 fully saturated rings. The molecular weight excluding hydrogens is 166 g/mol. The van der Waals surface area contributed by atoms with E-state index in [1.165, 1.54) is 18.6 Å². The Bertz CT molecular complexity index is 273. The molecule has 70 valence electrons. The lowest BCUT2D eigenvalue weighted by molar-refractivity contribution is 0.0951. The van der Waals surface area contributed by atoms with Crippen molar-refractivity contribution in [3.8, 4) is 0 Å². The topological polar surface area (TPSA) is 68.9 Å². The van der Waals surface area contributed by atoms with E-state index >= 15 is 0 Å². The van der Waals surface area contributed by atoms with Crippen LogP contribution >= 0.6 is 0 Å². The van der Waals surface area contributed by atoms with E-state index in [4.69, 9.17) is 5.73 Å². The van der Waals surface area contributed by atoms with Gasteiger partial charge in [-0.1, -0.05) is 13.3 Å². The number of nitrogens with two attached hydrogens (primary N) is 1. The summed E-state index contributed by atoms with van der Waals surface area (Å²) in [5.41, 5.74) is 5.99. The largest absolute Gasteiger partial charge is 0.321 e. The van der Waals surface area contributed by atoms with Crippen molar-refractivity contribution in [1.82, 2.24) is 9.97 Å². The highest BCUT2D eigenvalue weighted by Crippen LogP contribution is 2.01. The van der Waals surface area contributed by atoms with Gasteiger partial charge in [-0.3, -0.25) is 9.78 Å². The maximum Gasteiger partial charge on any atom is 0.199 e. The number of hydrogen-bond acceptors (Lipinski definition) is 4. The molecule has 0 aliphatic heterocycles. The molecule has 1 aromatic rings. The smallest absolute Gasteiger partial charge is 0.199 e. The van der Waals surface area contributed by atoms with Crippen LogP contribution < -0.4 is 5.73 Å². The van der Waals surface area contributed by atoms with Crippen molar-refractivity contribution >= 4 is 5.78 Å². The molecule has 1 atom stereocenters. The molecule has 4 heteroatoms. The molecule has 4 nitrogen and oxygen atoms in total. The summed E-state index contributed by atoms with van der Waals surface area (Å²) in [5, 5.41) is 0. The van der Waals surface area contributed by atoms with Crippen molar-refractivity contribution in [3.05, 3.63) is 24.3 Å². The molecule has 0 amide bonds. The van der Waals surface area contributed by atoms with Gasteiger partial charge < -0.3 is 5.73 Å². The molecular formula is C9H13N3O. The molecule has 13 heavy (non-hydrogen) atoms. The van der Waals surface area contributed by atoms with Gasteiger partial charge in [0.2, 0.25) is 0 Å². The number of hydrogen-bond donors (Lipinski definition) is 1. The van der Waals surface area contributed by atoms with E-state index in [1.807, 2.05) is 6.92 Å². The Labute approximate surface area is 77.2 Å². The van der Waals surface area contributed by atoms with Crippen LogP contribution in [0.2, 0.25) is 0 Å². The number of ketones is 1. The molecule has 0 aliphatic carbocycles. The maximum absolute atomic E-state index is 11.5. The fraction of sp³-hybridized carbons (Fsp3) is 0.444. The number of carbonyl (C=O) groups excluding carboxylic acids is 1. The lowest BCUT2D eigenvalue weighted by Crippen LogP contribution is -2.30. The first-order chi connectivity index (χ1) is 6.25. The number of aromatic nitrogens is 2. The Morgan fingerprint density at radius 3 is 2.92 bits per heavy atom. The van der Waals surface area contributed by atoms with Gasteiger partial charge in [0.25, 0.3) is 0 Å². The highest BCUT2D eigenvalue weighted by Gasteiger charge is 2.15. The molecule has 0 saturated heterocycles. The quantitative estimate of drug-likeness (QED) is 0.694. The molecule has 0 spiro atoms. The molecule has 2 N–H and O–H groups in total. The minimum Gasteiger partial charge on any atom is -0.321 e. The Balaban J connectivity index is 2.68. The van der Waals surface area contributed by atoms with Crippen LogP contribution in [-0.4, -0.2) is 21.8 Å². The van der Waals surface area contributed by atoms with Gasteiger partial charge in [-0.15, -0.1) is 0 Å². The van der Waals surface area contributed by atoms with Crippen LogP contribution in [0.4, 0.5) is 0 Å². The van der Waals surface area contributed by atoms with Crippen molar-refractivity contribution in [3.63, 3.8) is 0 Å². The van der Waals surface area contributed by atoms with E-state index in [1.54, 1.807) is 0 Å². The van der Waals surface area contributed by atoms with Crippen LogP contribution in [0.3, 0.4) is 0 Å². The molecule has 0 radical (unpaired) electrons. The number of rotatable bonds is 4. The summed E-state index contributed by atoms with van der Waals surface area (Å²) in [6.45, 7) is 1.99. The van der Waals surface area contributed by atoms with Crippen molar-refractivity contribution < 1.29 is 4.79 Å². The fourth-order valence-electron chi connectivity index (χ4n) is 1.06. The van der Waals surface area contributed by atoms with E-state index in [2.05, 4.69) is 9.97 Å². The standard InChI is InChI=1S/C9H13N3O/c1-2-3-7(10)9(13)8-6-11-4-5-12-8/h4-7H,2-3,10H2,1H3. The van der Waals surface area contributed by atoms with Crippen LogP contribution in [0.25, 0.3) is 0 Å². The zero-order valence-corrected chi connectivity index (χ0v) is 7.60. The third-order valence-electron chi connectivity index (χ3n) is 1.75. The van der Waals surface area contributed by atoms with E-state index in [0.29, 0.717) is 12.1 Å². The summed E-state index contributed by atoms with van der Waals surface area (Å²) >= 11 is 0. The lowest BCUT2D eigenvalue weighted by atomic mass is 10.1. The average Bonchev–Trinajstić information content (AvgIpc) is 2.18. The molecule has 0 aromatic carbocycles. The predicted molar refractivity (Wildman–Crippen MR) is 49.2 cm³/mol. The predicted octanol–water partition coefficient (Wildman–Crippen LogP) is 0.787. The second kappa shape index (κ2) is 4.67. The Morgan fingerprint density at radius 1 is 1.62 bits per heavy atom. The van der Waals surface area contributed by atoms with E-state index < -0.39 is 6.04 Å². The molecule has 0 saturated carbocycles. The van der Waals surface area contributed by atoms with Crippen LogP contribution in [0.15, 0.2) is 18.6 Å². The van der Waals surface area contributed by atoms with Gasteiger partial charge >= 0.3 is 0 Å². The van der Waals surface area contributed by atoms with Crippen LogP contribution in [0, 0.1) is 0 Å². The summed E-state index contributed by atoms with van der Waals surface area (Å²) < 4.78 is 0. The summed E-state index contributed by atoms with van der Waals surface area (Å²) in [7, 11) is 0. The normalized spacial score (nSPS) is 12.5. The van der Waals surface area contributed by atoms with Crippen LogP contribution in [0.5, 0.6) is 0 Å². The maximum atomic E-state index is 11.5. The molecule has 0 bridgehead atoms. The highest BCUT2D eigenvalue weighted by atomic mass is 16.1.